The van der Waals surface area contributed by atoms with Gasteiger partial charge in [-0.2, -0.15) is 0 Å². The predicted octanol–water partition coefficient (Wildman–Crippen LogP) is 7.98. The van der Waals surface area contributed by atoms with Crippen LogP contribution in [0.2, 0.25) is 0 Å². The molecule has 1 aliphatic rings. The topological polar surface area (TPSA) is 26.3 Å². The summed E-state index contributed by atoms with van der Waals surface area (Å²) in [7, 11) is 0. The largest absolute Gasteiger partial charge is 0.462 e. The molecule has 1 atom stereocenters. The molecule has 0 N–H and O–H groups in total. The van der Waals surface area contributed by atoms with Crippen LogP contribution < -0.4 is 0 Å². The van der Waals surface area contributed by atoms with Gasteiger partial charge in [-0.3, -0.25) is 4.79 Å². The second kappa shape index (κ2) is 16.6. The van der Waals surface area contributed by atoms with Gasteiger partial charge in [0.1, 0.15) is 6.10 Å². The first-order valence-electron chi connectivity index (χ1n) is 12.0. The van der Waals surface area contributed by atoms with Gasteiger partial charge >= 0.3 is 5.97 Å². The summed E-state index contributed by atoms with van der Waals surface area (Å²) in [6.45, 7) is 4.55. The highest BCUT2D eigenvalue weighted by atomic mass is 16.5. The molecule has 0 aliphatic heterocycles. The molecule has 0 aromatic carbocycles. The third-order valence-electron chi connectivity index (χ3n) is 5.71. The first-order valence-corrected chi connectivity index (χ1v) is 12.0. The SMILES string of the molecule is CCCCCCCCCCC(CCCCCCCC)CC(=O)OC1CC1. The lowest BCUT2D eigenvalue weighted by atomic mass is 9.91. The van der Waals surface area contributed by atoms with E-state index in [9.17, 15) is 4.79 Å². The van der Waals surface area contributed by atoms with Crippen molar-refractivity contribution in [1.29, 1.82) is 0 Å². The molecule has 2 heteroatoms. The van der Waals surface area contributed by atoms with Crippen molar-refractivity contribution < 1.29 is 9.53 Å². The molecule has 0 amide bonds. The highest BCUT2D eigenvalue weighted by molar-refractivity contribution is 5.70. The van der Waals surface area contributed by atoms with Crippen molar-refractivity contribution in [3.8, 4) is 0 Å². The Labute approximate surface area is 163 Å². The number of hydrogen-bond acceptors (Lipinski definition) is 2. The van der Waals surface area contributed by atoms with Crippen LogP contribution in [0.25, 0.3) is 0 Å². The Morgan fingerprint density at radius 1 is 0.731 bits per heavy atom. The monoisotopic (exact) mass is 366 g/mol. The molecule has 0 spiro atoms. The van der Waals surface area contributed by atoms with Crippen LogP contribution in [0, 0.1) is 5.92 Å². The second-order valence-corrected chi connectivity index (χ2v) is 8.58. The summed E-state index contributed by atoms with van der Waals surface area (Å²) < 4.78 is 5.49. The Morgan fingerprint density at radius 3 is 1.58 bits per heavy atom. The van der Waals surface area contributed by atoms with E-state index in [1.807, 2.05) is 0 Å². The van der Waals surface area contributed by atoms with Gasteiger partial charge in [-0.1, -0.05) is 104 Å². The molecule has 0 radical (unpaired) electrons. The van der Waals surface area contributed by atoms with Crippen molar-refractivity contribution in [3.63, 3.8) is 0 Å². The molecule has 26 heavy (non-hydrogen) atoms. The summed E-state index contributed by atoms with van der Waals surface area (Å²) in [5.74, 6) is 0.635. The molecule has 1 fully saturated rings. The minimum atomic E-state index is 0.0723. The van der Waals surface area contributed by atoms with Crippen LogP contribution >= 0.6 is 0 Å². The van der Waals surface area contributed by atoms with E-state index in [4.69, 9.17) is 4.74 Å². The molecular formula is C24H46O2. The van der Waals surface area contributed by atoms with Gasteiger partial charge in [-0.15, -0.1) is 0 Å². The van der Waals surface area contributed by atoms with Crippen LogP contribution in [0.3, 0.4) is 0 Å². The molecule has 1 rings (SSSR count). The van der Waals surface area contributed by atoms with Crippen LogP contribution in [-0.4, -0.2) is 12.1 Å². The first kappa shape index (κ1) is 23.5. The number of carbonyl (C=O) groups excluding carboxylic acids is 1. The van der Waals surface area contributed by atoms with Crippen molar-refractivity contribution in [1.82, 2.24) is 0 Å². The van der Waals surface area contributed by atoms with Gasteiger partial charge in [0.2, 0.25) is 0 Å². The second-order valence-electron chi connectivity index (χ2n) is 8.58. The highest BCUT2D eigenvalue weighted by Crippen LogP contribution is 2.27. The van der Waals surface area contributed by atoms with Crippen LogP contribution in [-0.2, 0) is 9.53 Å². The number of rotatable bonds is 19. The number of carbonyl (C=O) groups is 1. The van der Waals surface area contributed by atoms with E-state index in [0.29, 0.717) is 12.3 Å². The summed E-state index contributed by atoms with van der Waals surface area (Å²) in [5.41, 5.74) is 0. The highest BCUT2D eigenvalue weighted by Gasteiger charge is 2.26. The van der Waals surface area contributed by atoms with E-state index in [1.54, 1.807) is 0 Å². The molecule has 1 saturated carbocycles. The third kappa shape index (κ3) is 14.6. The van der Waals surface area contributed by atoms with Crippen LogP contribution in [0.5, 0.6) is 0 Å². The lowest BCUT2D eigenvalue weighted by molar-refractivity contribution is -0.146. The van der Waals surface area contributed by atoms with Crippen LogP contribution in [0.1, 0.15) is 136 Å². The zero-order valence-corrected chi connectivity index (χ0v) is 17.9. The minimum absolute atomic E-state index is 0.0723. The molecule has 0 saturated heterocycles. The van der Waals surface area contributed by atoms with Gasteiger partial charge in [0.05, 0.1) is 0 Å². The Balaban J connectivity index is 2.11. The average Bonchev–Trinajstić information content (AvgIpc) is 3.43. The van der Waals surface area contributed by atoms with Gasteiger partial charge in [0.25, 0.3) is 0 Å². The average molecular weight is 367 g/mol. The molecule has 1 aliphatic carbocycles. The van der Waals surface area contributed by atoms with Crippen molar-refractivity contribution in [2.75, 3.05) is 0 Å². The lowest BCUT2D eigenvalue weighted by Gasteiger charge is -2.16. The van der Waals surface area contributed by atoms with Crippen molar-refractivity contribution in [2.24, 2.45) is 5.92 Å². The summed E-state index contributed by atoms with van der Waals surface area (Å²) >= 11 is 0. The molecular weight excluding hydrogens is 320 g/mol. The Hall–Kier alpha value is -0.530. The van der Waals surface area contributed by atoms with E-state index in [1.165, 1.54) is 103 Å². The summed E-state index contributed by atoms with van der Waals surface area (Å²) in [5, 5.41) is 0. The molecule has 0 aromatic rings. The molecule has 2 nitrogen and oxygen atoms in total. The van der Waals surface area contributed by atoms with E-state index in [0.717, 1.165) is 12.8 Å². The molecule has 0 bridgehead atoms. The molecule has 154 valence electrons. The fraction of sp³-hybridized carbons (Fsp3) is 0.958. The van der Waals surface area contributed by atoms with Gasteiger partial charge < -0.3 is 4.74 Å². The summed E-state index contributed by atoms with van der Waals surface area (Å²) in [6, 6.07) is 0. The van der Waals surface area contributed by atoms with Crippen LogP contribution in [0.4, 0.5) is 0 Å². The van der Waals surface area contributed by atoms with E-state index in [2.05, 4.69) is 13.8 Å². The number of unbranched alkanes of at least 4 members (excludes halogenated alkanes) is 12. The van der Waals surface area contributed by atoms with Gasteiger partial charge in [-0.05, 0) is 31.6 Å². The smallest absolute Gasteiger partial charge is 0.306 e. The zero-order valence-electron chi connectivity index (χ0n) is 17.9. The lowest BCUT2D eigenvalue weighted by Crippen LogP contribution is -2.13. The van der Waals surface area contributed by atoms with Gasteiger partial charge in [-0.25, -0.2) is 0 Å². The Kier molecular flexibility index (Phi) is 15.0. The standard InChI is InChI=1S/C24H46O2/c1-3-5-7-9-11-12-14-16-18-22(17-15-13-10-8-6-4-2)21-24(25)26-23-19-20-23/h22-23H,3-21H2,1-2H3. The maximum Gasteiger partial charge on any atom is 0.306 e. The summed E-state index contributed by atoms with van der Waals surface area (Å²) in [6.07, 6.45) is 24.6. The zero-order chi connectivity index (χ0) is 18.9. The fourth-order valence-electron chi connectivity index (χ4n) is 3.78. The third-order valence-corrected chi connectivity index (χ3v) is 5.71. The van der Waals surface area contributed by atoms with Crippen molar-refractivity contribution in [2.45, 2.75) is 142 Å². The van der Waals surface area contributed by atoms with E-state index < -0.39 is 0 Å². The Morgan fingerprint density at radius 2 is 1.15 bits per heavy atom. The van der Waals surface area contributed by atoms with Crippen molar-refractivity contribution in [3.05, 3.63) is 0 Å². The quantitative estimate of drug-likeness (QED) is 0.171. The summed E-state index contributed by atoms with van der Waals surface area (Å²) in [4.78, 5) is 12.1. The molecule has 0 aromatic heterocycles. The number of hydrogen-bond donors (Lipinski definition) is 0. The molecule has 0 heterocycles. The van der Waals surface area contributed by atoms with Gasteiger partial charge in [0.15, 0.2) is 0 Å². The van der Waals surface area contributed by atoms with E-state index >= 15 is 0 Å². The van der Waals surface area contributed by atoms with Gasteiger partial charge in [0, 0.05) is 6.42 Å². The maximum absolute atomic E-state index is 12.1. The Bertz CT molecular complexity index is 322. The fourth-order valence-corrected chi connectivity index (χ4v) is 3.78. The molecule has 1 unspecified atom stereocenters. The number of esters is 1. The first-order chi connectivity index (χ1) is 12.8. The number of ether oxygens (including phenoxy) is 1. The maximum atomic E-state index is 12.1. The minimum Gasteiger partial charge on any atom is -0.462 e. The van der Waals surface area contributed by atoms with E-state index in [-0.39, 0.29) is 12.1 Å². The van der Waals surface area contributed by atoms with Crippen LogP contribution in [0.15, 0.2) is 0 Å². The van der Waals surface area contributed by atoms with Crippen molar-refractivity contribution >= 4 is 5.97 Å². The normalized spacial score (nSPS) is 15.2. The predicted molar refractivity (Wildman–Crippen MR) is 112 cm³/mol.